The van der Waals surface area contributed by atoms with E-state index in [2.05, 4.69) is 53.3 Å². The Balaban J connectivity index is 1.53. The average Bonchev–Trinajstić information content (AvgIpc) is 3.46. The molecule has 0 aliphatic carbocycles. The van der Waals surface area contributed by atoms with Crippen molar-refractivity contribution in [2.45, 2.75) is 26.7 Å². The van der Waals surface area contributed by atoms with E-state index in [1.165, 1.54) is 0 Å². The van der Waals surface area contributed by atoms with Gasteiger partial charge in [-0.3, -0.25) is 4.57 Å². The maximum atomic E-state index is 11.9. The second-order valence-corrected chi connectivity index (χ2v) is 9.60. The van der Waals surface area contributed by atoms with Crippen molar-refractivity contribution < 1.29 is 9.90 Å². The summed E-state index contributed by atoms with van der Waals surface area (Å²) in [5.74, 6) is 0.958. The quantitative estimate of drug-likeness (QED) is 0.262. The first kappa shape index (κ1) is 23.7. The Morgan fingerprint density at radius 1 is 0.842 bits per heavy atom. The zero-order chi connectivity index (χ0) is 26.4. The highest BCUT2D eigenvalue weighted by molar-refractivity contribution is 5.97. The smallest absolute Gasteiger partial charge is 0.336 e. The number of benzene rings is 4. The van der Waals surface area contributed by atoms with E-state index in [1.54, 1.807) is 12.1 Å². The highest BCUT2D eigenvalue weighted by Gasteiger charge is 2.19. The average molecular weight is 501 g/mol. The topological polar surface area (TPSA) is 72.9 Å². The highest BCUT2D eigenvalue weighted by Crippen LogP contribution is 2.34. The number of para-hydroxylation sites is 2. The van der Waals surface area contributed by atoms with Crippen molar-refractivity contribution in [3.63, 3.8) is 0 Å². The molecule has 2 aromatic heterocycles. The molecular weight excluding hydrogens is 472 g/mol. The predicted octanol–water partition coefficient (Wildman–Crippen LogP) is 7.21. The molecule has 4 aromatic carbocycles. The van der Waals surface area contributed by atoms with Gasteiger partial charge in [0.1, 0.15) is 11.6 Å². The van der Waals surface area contributed by atoms with E-state index in [-0.39, 0.29) is 0 Å². The Kier molecular flexibility index (Phi) is 5.80. The van der Waals surface area contributed by atoms with Crippen molar-refractivity contribution in [1.82, 2.24) is 19.1 Å². The number of carboxylic acid groups (broad SMARTS) is 1. The lowest BCUT2D eigenvalue weighted by atomic mass is 9.95. The van der Waals surface area contributed by atoms with Crippen molar-refractivity contribution >= 4 is 28.0 Å². The third kappa shape index (κ3) is 3.77. The molecule has 0 amide bonds. The van der Waals surface area contributed by atoms with E-state index >= 15 is 0 Å². The van der Waals surface area contributed by atoms with E-state index in [1.807, 2.05) is 49.5 Å². The minimum Gasteiger partial charge on any atom is -0.478 e. The maximum absolute atomic E-state index is 11.9. The molecule has 0 saturated heterocycles. The van der Waals surface area contributed by atoms with Gasteiger partial charge in [-0.05, 0) is 72.5 Å². The highest BCUT2D eigenvalue weighted by atomic mass is 16.4. The van der Waals surface area contributed by atoms with Crippen LogP contribution in [0.2, 0.25) is 0 Å². The van der Waals surface area contributed by atoms with E-state index in [9.17, 15) is 9.90 Å². The van der Waals surface area contributed by atoms with Crippen LogP contribution in [0.4, 0.5) is 0 Å². The van der Waals surface area contributed by atoms with Gasteiger partial charge in [-0.15, -0.1) is 0 Å². The van der Waals surface area contributed by atoms with Crippen LogP contribution in [0.1, 0.15) is 35.1 Å². The van der Waals surface area contributed by atoms with Crippen molar-refractivity contribution in [3.05, 3.63) is 102 Å². The molecule has 1 N–H and O–H groups in total. The summed E-state index contributed by atoms with van der Waals surface area (Å²) in [6, 6.07) is 27.7. The van der Waals surface area contributed by atoms with Crippen LogP contribution in [0.15, 0.2) is 84.9 Å². The molecule has 0 radical (unpaired) electrons. The number of aromatic carboxylic acids is 1. The Bertz CT molecular complexity index is 1840. The SMILES string of the molecule is CCCc1nc2cc(-c3nc4ccccc4n3C)ccc2n1-c1cccc(-c2ccccc2C(=O)O)c1C. The van der Waals surface area contributed by atoms with Crippen molar-refractivity contribution in [1.29, 1.82) is 0 Å². The van der Waals surface area contributed by atoms with E-state index < -0.39 is 5.97 Å². The molecule has 6 rings (SSSR count). The third-order valence-corrected chi connectivity index (χ3v) is 7.24. The Morgan fingerprint density at radius 3 is 2.39 bits per heavy atom. The summed E-state index contributed by atoms with van der Waals surface area (Å²) in [4.78, 5) is 21.9. The lowest BCUT2D eigenvalue weighted by Gasteiger charge is -2.16. The minimum atomic E-state index is -0.931. The van der Waals surface area contributed by atoms with Gasteiger partial charge in [0.25, 0.3) is 0 Å². The fraction of sp³-hybridized carbons (Fsp3) is 0.156. The van der Waals surface area contributed by atoms with E-state index in [0.29, 0.717) is 11.1 Å². The van der Waals surface area contributed by atoms with Crippen LogP contribution in [0, 0.1) is 6.92 Å². The van der Waals surface area contributed by atoms with E-state index in [4.69, 9.17) is 9.97 Å². The number of aryl methyl sites for hydroxylation is 2. The first-order valence-electron chi connectivity index (χ1n) is 12.8. The van der Waals surface area contributed by atoms with Crippen LogP contribution >= 0.6 is 0 Å². The number of nitrogens with zero attached hydrogens (tertiary/aromatic N) is 4. The number of hydrogen-bond acceptors (Lipinski definition) is 3. The largest absolute Gasteiger partial charge is 0.478 e. The van der Waals surface area contributed by atoms with Crippen LogP contribution in [0.5, 0.6) is 0 Å². The molecule has 0 aliphatic rings. The number of imidazole rings is 2. The molecule has 2 heterocycles. The number of hydrogen-bond donors (Lipinski definition) is 1. The van der Waals surface area contributed by atoms with Crippen molar-refractivity contribution in [2.24, 2.45) is 7.05 Å². The number of fused-ring (bicyclic) bond motifs is 2. The van der Waals surface area contributed by atoms with Gasteiger partial charge in [-0.2, -0.15) is 0 Å². The van der Waals surface area contributed by atoms with Gasteiger partial charge in [-0.1, -0.05) is 49.4 Å². The van der Waals surface area contributed by atoms with Crippen LogP contribution < -0.4 is 0 Å². The normalized spacial score (nSPS) is 11.4. The zero-order valence-electron chi connectivity index (χ0n) is 21.6. The first-order chi connectivity index (χ1) is 18.5. The molecule has 0 aliphatic heterocycles. The zero-order valence-corrected chi connectivity index (χ0v) is 21.6. The summed E-state index contributed by atoms with van der Waals surface area (Å²) in [7, 11) is 2.04. The lowest BCUT2D eigenvalue weighted by Crippen LogP contribution is -2.05. The first-order valence-corrected chi connectivity index (χ1v) is 12.8. The molecule has 188 valence electrons. The second kappa shape index (κ2) is 9.30. The summed E-state index contributed by atoms with van der Waals surface area (Å²) in [6.07, 6.45) is 1.78. The molecule has 0 fully saturated rings. The van der Waals surface area contributed by atoms with Crippen molar-refractivity contribution in [3.8, 4) is 28.2 Å². The summed E-state index contributed by atoms with van der Waals surface area (Å²) in [5.41, 5.74) is 8.93. The van der Waals surface area contributed by atoms with Crippen LogP contribution in [-0.4, -0.2) is 30.2 Å². The standard InChI is InChI=1S/C32H28N4O2/c1-4-10-30-33-26-19-21(31-34-25-14-7-8-15-28(25)35(31)3)17-18-29(26)36(30)27-16-9-13-22(20(27)2)23-11-5-6-12-24(23)32(37)38/h5-9,11-19H,4,10H2,1-3H3,(H,37,38). The van der Waals surface area contributed by atoms with Gasteiger partial charge in [0, 0.05) is 19.0 Å². The van der Waals surface area contributed by atoms with Crippen LogP contribution in [0.3, 0.4) is 0 Å². The Hall–Kier alpha value is -4.71. The fourth-order valence-electron chi connectivity index (χ4n) is 5.40. The molecule has 0 saturated carbocycles. The molecule has 6 aromatic rings. The van der Waals surface area contributed by atoms with Crippen LogP contribution in [0.25, 0.3) is 50.3 Å². The third-order valence-electron chi connectivity index (χ3n) is 7.24. The molecule has 0 atom stereocenters. The number of rotatable bonds is 6. The molecular formula is C32H28N4O2. The molecule has 0 bridgehead atoms. The van der Waals surface area contributed by atoms with Gasteiger partial charge >= 0.3 is 5.97 Å². The predicted molar refractivity (Wildman–Crippen MR) is 152 cm³/mol. The van der Waals surface area contributed by atoms with Gasteiger partial charge < -0.3 is 9.67 Å². The number of carboxylic acids is 1. The van der Waals surface area contributed by atoms with Crippen molar-refractivity contribution in [2.75, 3.05) is 0 Å². The summed E-state index contributed by atoms with van der Waals surface area (Å²) < 4.78 is 4.34. The Labute approximate surface area is 220 Å². The molecule has 0 unspecified atom stereocenters. The van der Waals surface area contributed by atoms with Gasteiger partial charge in [0.2, 0.25) is 0 Å². The summed E-state index contributed by atoms with van der Waals surface area (Å²) in [6.45, 7) is 4.21. The Morgan fingerprint density at radius 2 is 1.61 bits per heavy atom. The van der Waals surface area contributed by atoms with Gasteiger partial charge in [-0.25, -0.2) is 14.8 Å². The number of carbonyl (C=O) groups is 1. The summed E-state index contributed by atoms with van der Waals surface area (Å²) >= 11 is 0. The van der Waals surface area contributed by atoms with E-state index in [0.717, 1.165) is 68.9 Å². The number of aromatic nitrogens is 4. The maximum Gasteiger partial charge on any atom is 0.336 e. The van der Waals surface area contributed by atoms with Gasteiger partial charge in [0.05, 0.1) is 33.3 Å². The minimum absolute atomic E-state index is 0.295. The fourth-order valence-corrected chi connectivity index (χ4v) is 5.40. The lowest BCUT2D eigenvalue weighted by molar-refractivity contribution is 0.0697. The van der Waals surface area contributed by atoms with Gasteiger partial charge in [0.15, 0.2) is 0 Å². The van der Waals surface area contributed by atoms with Crippen LogP contribution in [-0.2, 0) is 13.5 Å². The molecule has 6 nitrogen and oxygen atoms in total. The second-order valence-electron chi connectivity index (χ2n) is 9.60. The molecule has 0 spiro atoms. The molecule has 6 heteroatoms. The monoisotopic (exact) mass is 500 g/mol. The molecule has 38 heavy (non-hydrogen) atoms. The summed E-state index contributed by atoms with van der Waals surface area (Å²) in [5, 5.41) is 9.79.